The highest BCUT2D eigenvalue weighted by Gasteiger charge is 2.32. The van der Waals surface area contributed by atoms with Crippen LogP contribution >= 0.6 is 0 Å². The number of hydrogen-bond acceptors (Lipinski definition) is 4. The Morgan fingerprint density at radius 2 is 1.90 bits per heavy atom. The van der Waals surface area contributed by atoms with Gasteiger partial charge in [-0.3, -0.25) is 0 Å². The predicted octanol–water partition coefficient (Wildman–Crippen LogP) is 3.05. The minimum Gasteiger partial charge on any atom is -0.403 e. The van der Waals surface area contributed by atoms with E-state index in [-0.39, 0.29) is 17.0 Å². The summed E-state index contributed by atoms with van der Waals surface area (Å²) in [5.74, 6) is -2.12. The van der Waals surface area contributed by atoms with Gasteiger partial charge in [0.05, 0.1) is 5.69 Å². The van der Waals surface area contributed by atoms with Crippen molar-refractivity contribution in [2.45, 2.75) is 6.36 Å². The van der Waals surface area contributed by atoms with Crippen LogP contribution < -0.4 is 4.74 Å². The van der Waals surface area contributed by atoms with Gasteiger partial charge in [-0.25, -0.2) is 14.4 Å². The molecule has 0 aliphatic carbocycles. The third-order valence-corrected chi connectivity index (χ3v) is 2.23. The Labute approximate surface area is 110 Å². The molecule has 102 valence electrons. The number of nitriles is 1. The first-order chi connectivity index (χ1) is 9.39. The molecular formula is C12H5F4N3O. The van der Waals surface area contributed by atoms with Crippen molar-refractivity contribution in [3.63, 3.8) is 0 Å². The maximum atomic E-state index is 13.5. The zero-order valence-corrected chi connectivity index (χ0v) is 9.65. The highest BCUT2D eigenvalue weighted by atomic mass is 19.4. The second-order valence-corrected chi connectivity index (χ2v) is 3.59. The van der Waals surface area contributed by atoms with Crippen LogP contribution in [0.25, 0.3) is 11.3 Å². The van der Waals surface area contributed by atoms with Crippen LogP contribution in [0.5, 0.6) is 5.75 Å². The van der Waals surface area contributed by atoms with E-state index in [0.29, 0.717) is 0 Å². The molecule has 0 saturated heterocycles. The van der Waals surface area contributed by atoms with E-state index < -0.39 is 17.9 Å². The summed E-state index contributed by atoms with van der Waals surface area (Å²) in [6.07, 6.45) is -3.86. The number of ether oxygens (including phenoxy) is 1. The summed E-state index contributed by atoms with van der Waals surface area (Å²) in [5.41, 5.74) is 0.482. The van der Waals surface area contributed by atoms with Gasteiger partial charge < -0.3 is 4.74 Å². The molecule has 0 spiro atoms. The number of rotatable bonds is 2. The van der Waals surface area contributed by atoms with Crippen LogP contribution in [0.2, 0.25) is 0 Å². The summed E-state index contributed by atoms with van der Waals surface area (Å²) in [4.78, 5) is 7.44. The van der Waals surface area contributed by atoms with Crippen molar-refractivity contribution in [3.8, 4) is 23.1 Å². The average molecular weight is 283 g/mol. The Kier molecular flexibility index (Phi) is 3.52. The molecule has 8 heteroatoms. The molecule has 20 heavy (non-hydrogen) atoms. The van der Waals surface area contributed by atoms with Crippen LogP contribution in [0.15, 0.2) is 30.6 Å². The number of halogens is 4. The first-order valence-corrected chi connectivity index (χ1v) is 5.17. The molecule has 0 fully saturated rings. The van der Waals surface area contributed by atoms with E-state index in [4.69, 9.17) is 5.26 Å². The smallest absolute Gasteiger partial charge is 0.403 e. The molecule has 2 rings (SSSR count). The highest BCUT2D eigenvalue weighted by molar-refractivity contribution is 5.61. The second-order valence-electron chi connectivity index (χ2n) is 3.59. The van der Waals surface area contributed by atoms with Crippen LogP contribution in [-0.2, 0) is 0 Å². The van der Waals surface area contributed by atoms with E-state index in [1.54, 1.807) is 6.07 Å². The Hall–Kier alpha value is -2.69. The third kappa shape index (κ3) is 3.20. The SMILES string of the molecule is N#Cc1cc(-c2ccc(OC(F)(F)F)c(F)c2)ncn1. The summed E-state index contributed by atoms with van der Waals surface area (Å²) >= 11 is 0. The monoisotopic (exact) mass is 283 g/mol. The molecule has 0 aliphatic rings. The van der Waals surface area contributed by atoms with E-state index in [0.717, 1.165) is 18.5 Å². The predicted molar refractivity (Wildman–Crippen MR) is 58.8 cm³/mol. The fraction of sp³-hybridized carbons (Fsp3) is 0.0833. The van der Waals surface area contributed by atoms with Crippen molar-refractivity contribution < 1.29 is 22.3 Å². The lowest BCUT2D eigenvalue weighted by Gasteiger charge is -2.10. The Morgan fingerprint density at radius 1 is 1.15 bits per heavy atom. The van der Waals surface area contributed by atoms with Gasteiger partial charge >= 0.3 is 6.36 Å². The fourth-order valence-corrected chi connectivity index (χ4v) is 1.44. The minimum absolute atomic E-state index is 0.0611. The molecule has 0 radical (unpaired) electrons. The fourth-order valence-electron chi connectivity index (χ4n) is 1.44. The molecule has 1 aromatic carbocycles. The number of hydrogen-bond donors (Lipinski definition) is 0. The first-order valence-electron chi connectivity index (χ1n) is 5.17. The van der Waals surface area contributed by atoms with Crippen molar-refractivity contribution in [3.05, 3.63) is 42.1 Å². The molecule has 0 N–H and O–H groups in total. The van der Waals surface area contributed by atoms with Crippen molar-refractivity contribution in [1.82, 2.24) is 9.97 Å². The topological polar surface area (TPSA) is 58.8 Å². The van der Waals surface area contributed by atoms with Gasteiger partial charge in [0, 0.05) is 11.6 Å². The average Bonchev–Trinajstić information content (AvgIpc) is 2.40. The van der Waals surface area contributed by atoms with Gasteiger partial charge in [0.2, 0.25) is 0 Å². The van der Waals surface area contributed by atoms with Crippen LogP contribution in [0.4, 0.5) is 17.6 Å². The molecule has 2 aromatic rings. The van der Waals surface area contributed by atoms with Crippen LogP contribution in [0, 0.1) is 17.1 Å². The van der Waals surface area contributed by atoms with Crippen LogP contribution in [-0.4, -0.2) is 16.3 Å². The maximum Gasteiger partial charge on any atom is 0.573 e. The molecule has 1 aromatic heterocycles. The van der Waals surface area contributed by atoms with E-state index in [1.807, 2.05) is 0 Å². The van der Waals surface area contributed by atoms with Gasteiger partial charge in [-0.05, 0) is 18.2 Å². The largest absolute Gasteiger partial charge is 0.573 e. The van der Waals surface area contributed by atoms with E-state index >= 15 is 0 Å². The van der Waals surface area contributed by atoms with Crippen molar-refractivity contribution in [1.29, 1.82) is 5.26 Å². The summed E-state index contributed by atoms with van der Waals surface area (Å²) < 4.78 is 53.0. The van der Waals surface area contributed by atoms with Crippen molar-refractivity contribution in [2.75, 3.05) is 0 Å². The molecule has 0 bridgehead atoms. The lowest BCUT2D eigenvalue weighted by Crippen LogP contribution is -2.17. The highest BCUT2D eigenvalue weighted by Crippen LogP contribution is 2.28. The van der Waals surface area contributed by atoms with Crippen LogP contribution in [0.1, 0.15) is 5.69 Å². The minimum atomic E-state index is -4.97. The lowest BCUT2D eigenvalue weighted by molar-refractivity contribution is -0.275. The number of alkyl halides is 3. The summed E-state index contributed by atoms with van der Waals surface area (Å²) in [6, 6.07) is 5.95. The normalized spacial score (nSPS) is 10.9. The molecule has 4 nitrogen and oxygen atoms in total. The Bertz CT molecular complexity index is 679. The standard InChI is InChI=1S/C12H5F4N3O/c13-9-3-7(1-2-11(9)20-12(14,15)16)10-4-8(5-17)18-6-19-10/h1-4,6H. The summed E-state index contributed by atoms with van der Waals surface area (Å²) in [7, 11) is 0. The van der Waals surface area contributed by atoms with Gasteiger partial charge in [0.1, 0.15) is 18.1 Å². The van der Waals surface area contributed by atoms with Crippen LogP contribution in [0.3, 0.4) is 0 Å². The van der Waals surface area contributed by atoms with Gasteiger partial charge in [0.25, 0.3) is 0 Å². The molecule has 0 unspecified atom stereocenters. The lowest BCUT2D eigenvalue weighted by atomic mass is 10.1. The molecule has 0 saturated carbocycles. The molecule has 0 atom stereocenters. The molecule has 0 amide bonds. The zero-order chi connectivity index (χ0) is 14.8. The van der Waals surface area contributed by atoms with Gasteiger partial charge in [-0.2, -0.15) is 5.26 Å². The van der Waals surface area contributed by atoms with Gasteiger partial charge in [0.15, 0.2) is 11.6 Å². The summed E-state index contributed by atoms with van der Waals surface area (Å²) in [6.45, 7) is 0. The third-order valence-electron chi connectivity index (χ3n) is 2.23. The van der Waals surface area contributed by atoms with E-state index in [9.17, 15) is 17.6 Å². The molecule has 0 aliphatic heterocycles. The van der Waals surface area contributed by atoms with E-state index in [2.05, 4.69) is 14.7 Å². The van der Waals surface area contributed by atoms with Gasteiger partial charge in [-0.15, -0.1) is 13.2 Å². The van der Waals surface area contributed by atoms with E-state index in [1.165, 1.54) is 12.1 Å². The zero-order valence-electron chi connectivity index (χ0n) is 9.65. The maximum absolute atomic E-state index is 13.5. The van der Waals surface area contributed by atoms with Crippen molar-refractivity contribution in [2.24, 2.45) is 0 Å². The Balaban J connectivity index is 2.36. The first kappa shape index (κ1) is 13.7. The van der Waals surface area contributed by atoms with Crippen molar-refractivity contribution >= 4 is 0 Å². The number of aromatic nitrogens is 2. The summed E-state index contributed by atoms with van der Waals surface area (Å²) in [5, 5.41) is 8.68. The molecular weight excluding hydrogens is 278 g/mol. The quantitative estimate of drug-likeness (QED) is 0.795. The second kappa shape index (κ2) is 5.13. The molecule has 1 heterocycles. The number of benzene rings is 1. The van der Waals surface area contributed by atoms with Gasteiger partial charge in [-0.1, -0.05) is 0 Å². The number of nitrogens with zero attached hydrogens (tertiary/aromatic N) is 3. The Morgan fingerprint density at radius 3 is 2.50 bits per heavy atom.